The number of aromatic nitrogens is 3. The fraction of sp³-hybridized carbons (Fsp3) is 0.857. The van der Waals surface area contributed by atoms with E-state index >= 15 is 0 Å². The van der Waals surface area contributed by atoms with Crippen LogP contribution >= 0.6 is 0 Å². The van der Waals surface area contributed by atoms with Crippen LogP contribution in [-0.4, -0.2) is 27.4 Å². The smallest absolute Gasteiger partial charge is 0.138 e. The lowest BCUT2D eigenvalue weighted by Gasteiger charge is -2.28. The standard InChI is InChI=1S/C14H26N4/c1-11(2)9-18-14(16-10-17-18)7-12(3)8-15-13-5-4-6-13/h10-13,15H,4-9H2,1-3H3. The first-order valence-corrected chi connectivity index (χ1v) is 7.25. The van der Waals surface area contributed by atoms with Gasteiger partial charge >= 0.3 is 0 Å². The van der Waals surface area contributed by atoms with Crippen LogP contribution in [-0.2, 0) is 13.0 Å². The van der Waals surface area contributed by atoms with Gasteiger partial charge in [0, 0.05) is 19.0 Å². The first kappa shape index (κ1) is 13.5. The molecule has 18 heavy (non-hydrogen) atoms. The van der Waals surface area contributed by atoms with Crippen LogP contribution in [0, 0.1) is 11.8 Å². The molecule has 4 nitrogen and oxygen atoms in total. The molecule has 1 N–H and O–H groups in total. The van der Waals surface area contributed by atoms with Crippen molar-refractivity contribution in [1.29, 1.82) is 0 Å². The van der Waals surface area contributed by atoms with Crippen LogP contribution in [0.1, 0.15) is 45.9 Å². The molecule has 1 aromatic rings. The summed E-state index contributed by atoms with van der Waals surface area (Å²) in [5, 5.41) is 7.95. The Kier molecular flexibility index (Phi) is 4.75. The van der Waals surface area contributed by atoms with E-state index in [1.807, 2.05) is 0 Å². The zero-order valence-electron chi connectivity index (χ0n) is 11.9. The summed E-state index contributed by atoms with van der Waals surface area (Å²) < 4.78 is 2.06. The first-order chi connectivity index (χ1) is 8.65. The molecule has 1 aliphatic rings. The van der Waals surface area contributed by atoms with E-state index in [9.17, 15) is 0 Å². The fourth-order valence-electron chi connectivity index (χ4n) is 2.31. The third-order valence-corrected chi connectivity index (χ3v) is 3.63. The van der Waals surface area contributed by atoms with Crippen molar-refractivity contribution >= 4 is 0 Å². The van der Waals surface area contributed by atoms with E-state index in [0.29, 0.717) is 11.8 Å². The maximum absolute atomic E-state index is 4.39. The summed E-state index contributed by atoms with van der Waals surface area (Å²) >= 11 is 0. The molecule has 1 aliphatic carbocycles. The van der Waals surface area contributed by atoms with E-state index in [-0.39, 0.29) is 0 Å². The van der Waals surface area contributed by atoms with Crippen LogP contribution in [0.2, 0.25) is 0 Å². The molecule has 0 spiro atoms. The van der Waals surface area contributed by atoms with Gasteiger partial charge in [-0.05, 0) is 31.2 Å². The highest BCUT2D eigenvalue weighted by Gasteiger charge is 2.18. The minimum atomic E-state index is 0.619. The highest BCUT2D eigenvalue weighted by molar-refractivity contribution is 4.88. The Labute approximate surface area is 110 Å². The normalized spacial score (nSPS) is 18.0. The lowest BCUT2D eigenvalue weighted by Crippen LogP contribution is -2.38. The Balaban J connectivity index is 1.78. The SMILES string of the molecule is CC(C)Cn1ncnc1CC(C)CNC1CCC1. The second-order valence-corrected chi connectivity index (χ2v) is 6.10. The summed E-state index contributed by atoms with van der Waals surface area (Å²) in [4.78, 5) is 4.39. The maximum Gasteiger partial charge on any atom is 0.138 e. The number of nitrogens with one attached hydrogen (secondary N) is 1. The summed E-state index contributed by atoms with van der Waals surface area (Å²) in [6.45, 7) is 8.79. The zero-order valence-corrected chi connectivity index (χ0v) is 11.9. The molecule has 1 heterocycles. The third kappa shape index (κ3) is 3.80. The van der Waals surface area contributed by atoms with Gasteiger partial charge in [-0.1, -0.05) is 27.2 Å². The molecule has 0 aliphatic heterocycles. The Morgan fingerprint density at radius 3 is 2.78 bits per heavy atom. The van der Waals surface area contributed by atoms with Crippen LogP contribution in [0.3, 0.4) is 0 Å². The van der Waals surface area contributed by atoms with E-state index in [1.165, 1.54) is 19.3 Å². The van der Waals surface area contributed by atoms with Crippen molar-refractivity contribution in [2.45, 2.75) is 59.0 Å². The number of nitrogens with zero attached hydrogens (tertiary/aromatic N) is 3. The van der Waals surface area contributed by atoms with E-state index in [4.69, 9.17) is 0 Å². The topological polar surface area (TPSA) is 42.7 Å². The van der Waals surface area contributed by atoms with Gasteiger partial charge in [-0.3, -0.25) is 0 Å². The first-order valence-electron chi connectivity index (χ1n) is 7.25. The molecule has 0 amide bonds. The second-order valence-electron chi connectivity index (χ2n) is 6.10. The molecule has 1 unspecified atom stereocenters. The maximum atomic E-state index is 4.39. The molecule has 102 valence electrons. The Morgan fingerprint density at radius 2 is 2.17 bits per heavy atom. The minimum Gasteiger partial charge on any atom is -0.314 e. The van der Waals surface area contributed by atoms with E-state index in [1.54, 1.807) is 6.33 Å². The van der Waals surface area contributed by atoms with E-state index < -0.39 is 0 Å². The van der Waals surface area contributed by atoms with Crippen molar-refractivity contribution in [3.05, 3.63) is 12.2 Å². The van der Waals surface area contributed by atoms with Crippen molar-refractivity contribution in [1.82, 2.24) is 20.1 Å². The van der Waals surface area contributed by atoms with Crippen molar-refractivity contribution in [3.8, 4) is 0 Å². The second kappa shape index (κ2) is 6.32. The number of hydrogen-bond donors (Lipinski definition) is 1. The molecule has 4 heteroatoms. The molecule has 2 rings (SSSR count). The monoisotopic (exact) mass is 250 g/mol. The Hall–Kier alpha value is -0.900. The summed E-state index contributed by atoms with van der Waals surface area (Å²) in [6.07, 6.45) is 6.82. The van der Waals surface area contributed by atoms with Gasteiger partial charge in [-0.2, -0.15) is 5.10 Å². The number of hydrogen-bond acceptors (Lipinski definition) is 3. The zero-order chi connectivity index (χ0) is 13.0. The van der Waals surface area contributed by atoms with Crippen LogP contribution in [0.5, 0.6) is 0 Å². The average molecular weight is 250 g/mol. The van der Waals surface area contributed by atoms with Crippen molar-refractivity contribution < 1.29 is 0 Å². The Morgan fingerprint density at radius 1 is 1.39 bits per heavy atom. The molecule has 1 aromatic heterocycles. The predicted molar refractivity (Wildman–Crippen MR) is 73.4 cm³/mol. The summed E-state index contributed by atoms with van der Waals surface area (Å²) in [5.74, 6) is 2.38. The lowest BCUT2D eigenvalue weighted by molar-refractivity contribution is 0.318. The average Bonchev–Trinajstić information content (AvgIpc) is 2.62. The predicted octanol–water partition coefficient (Wildman–Crippen LogP) is 2.25. The van der Waals surface area contributed by atoms with Crippen LogP contribution in [0.15, 0.2) is 6.33 Å². The molecular weight excluding hydrogens is 224 g/mol. The van der Waals surface area contributed by atoms with Crippen molar-refractivity contribution in [2.75, 3.05) is 6.54 Å². The van der Waals surface area contributed by atoms with Crippen molar-refractivity contribution in [3.63, 3.8) is 0 Å². The van der Waals surface area contributed by atoms with Gasteiger partial charge in [0.05, 0.1) is 0 Å². The van der Waals surface area contributed by atoms with Gasteiger partial charge in [0.1, 0.15) is 12.2 Å². The molecule has 1 saturated carbocycles. The summed E-state index contributed by atoms with van der Waals surface area (Å²) in [6, 6.07) is 0.779. The van der Waals surface area contributed by atoms with E-state index in [2.05, 4.69) is 40.9 Å². The quantitative estimate of drug-likeness (QED) is 0.807. The molecular formula is C14H26N4. The van der Waals surface area contributed by atoms with E-state index in [0.717, 1.165) is 31.4 Å². The van der Waals surface area contributed by atoms with Gasteiger partial charge in [0.15, 0.2) is 0 Å². The van der Waals surface area contributed by atoms with Gasteiger partial charge < -0.3 is 5.32 Å². The molecule has 1 atom stereocenters. The van der Waals surface area contributed by atoms with Gasteiger partial charge in [0.2, 0.25) is 0 Å². The Bertz CT molecular complexity index is 354. The number of rotatable bonds is 7. The van der Waals surface area contributed by atoms with Crippen LogP contribution < -0.4 is 5.32 Å². The summed E-state index contributed by atoms with van der Waals surface area (Å²) in [5.41, 5.74) is 0. The van der Waals surface area contributed by atoms with Gasteiger partial charge in [-0.25, -0.2) is 9.67 Å². The molecule has 1 fully saturated rings. The van der Waals surface area contributed by atoms with Gasteiger partial charge in [0.25, 0.3) is 0 Å². The highest BCUT2D eigenvalue weighted by Crippen LogP contribution is 2.18. The van der Waals surface area contributed by atoms with Gasteiger partial charge in [-0.15, -0.1) is 0 Å². The molecule has 0 radical (unpaired) electrons. The molecule has 0 bridgehead atoms. The van der Waals surface area contributed by atoms with Crippen LogP contribution in [0.4, 0.5) is 0 Å². The largest absolute Gasteiger partial charge is 0.314 e. The minimum absolute atomic E-state index is 0.619. The molecule has 0 aromatic carbocycles. The fourth-order valence-corrected chi connectivity index (χ4v) is 2.31. The van der Waals surface area contributed by atoms with Crippen LogP contribution in [0.25, 0.3) is 0 Å². The third-order valence-electron chi connectivity index (χ3n) is 3.63. The lowest BCUT2D eigenvalue weighted by atomic mass is 9.92. The van der Waals surface area contributed by atoms with Crippen molar-refractivity contribution in [2.24, 2.45) is 11.8 Å². The highest BCUT2D eigenvalue weighted by atomic mass is 15.3. The summed E-state index contributed by atoms with van der Waals surface area (Å²) in [7, 11) is 0. The molecule has 0 saturated heterocycles.